The van der Waals surface area contributed by atoms with E-state index in [0.29, 0.717) is 35.5 Å². The third-order valence-corrected chi connectivity index (χ3v) is 8.37. The molecule has 0 radical (unpaired) electrons. The predicted octanol–water partition coefficient (Wildman–Crippen LogP) is 6.14. The number of imide groups is 1. The van der Waals surface area contributed by atoms with Crippen molar-refractivity contribution in [2.24, 2.45) is 23.7 Å². The number of aliphatic hydroxyl groups excluding tert-OH is 2. The first-order valence-corrected chi connectivity index (χ1v) is 14.2. The van der Waals surface area contributed by atoms with Crippen molar-refractivity contribution in [3.05, 3.63) is 75.8 Å². The van der Waals surface area contributed by atoms with E-state index in [4.69, 9.17) is 11.6 Å². The number of anilines is 1. The number of nitrogens with zero attached hydrogens (tertiary/aromatic N) is 1. The maximum absolute atomic E-state index is 13.6. The monoisotopic (exact) mass is 551 g/mol. The van der Waals surface area contributed by atoms with Crippen LogP contribution in [0.1, 0.15) is 58.4 Å². The molecule has 1 saturated heterocycles. The molecule has 0 spiro atoms. The molecule has 0 unspecified atom stereocenters. The molecular weight excluding hydrogens is 514 g/mol. The average Bonchev–Trinajstić information content (AvgIpc) is 3.17. The molecule has 6 nitrogen and oxygen atoms in total. The van der Waals surface area contributed by atoms with Crippen molar-refractivity contribution in [1.29, 1.82) is 0 Å². The molecule has 4 atom stereocenters. The second kappa shape index (κ2) is 12.5. The van der Waals surface area contributed by atoms with Crippen LogP contribution in [0.25, 0.3) is 6.08 Å². The first kappa shape index (κ1) is 29.1. The number of fused-ring (bicyclic) bond motifs is 1. The van der Waals surface area contributed by atoms with Gasteiger partial charge in [0.25, 0.3) is 0 Å². The van der Waals surface area contributed by atoms with E-state index in [1.807, 2.05) is 26.0 Å². The zero-order valence-corrected chi connectivity index (χ0v) is 23.6. The highest BCUT2D eigenvalue weighted by molar-refractivity contribution is 6.32. The van der Waals surface area contributed by atoms with E-state index in [2.05, 4.69) is 6.92 Å². The molecule has 3 N–H and O–H groups in total. The minimum absolute atomic E-state index is 0.0554. The fourth-order valence-electron chi connectivity index (χ4n) is 6.20. The van der Waals surface area contributed by atoms with Crippen LogP contribution in [0.4, 0.5) is 5.69 Å². The first-order chi connectivity index (χ1) is 18.7. The van der Waals surface area contributed by atoms with Crippen LogP contribution in [0, 0.1) is 23.7 Å². The Bertz CT molecular complexity index is 1270. The smallest absolute Gasteiger partial charge is 0.238 e. The van der Waals surface area contributed by atoms with Crippen molar-refractivity contribution in [2.75, 3.05) is 11.5 Å². The number of allylic oxidation sites excluding steroid dienone is 2. The summed E-state index contributed by atoms with van der Waals surface area (Å²) in [5.74, 6) is -2.25. The fraction of sp³-hybridized carbons (Fsp3) is 0.438. The van der Waals surface area contributed by atoms with Gasteiger partial charge in [-0.15, -0.1) is 0 Å². The number of carbonyl (C=O) groups excluding carboxylic acids is 2. The Balaban J connectivity index is 1.62. The predicted molar refractivity (Wildman–Crippen MR) is 154 cm³/mol. The van der Waals surface area contributed by atoms with Crippen LogP contribution in [-0.4, -0.2) is 39.8 Å². The lowest BCUT2D eigenvalue weighted by Crippen LogP contribution is -2.39. The quantitative estimate of drug-likeness (QED) is 0.243. The second-order valence-corrected chi connectivity index (χ2v) is 11.3. The maximum Gasteiger partial charge on any atom is 0.238 e. The largest absolute Gasteiger partial charge is 0.508 e. The Morgan fingerprint density at radius 3 is 2.44 bits per heavy atom. The number of para-hydroxylation sites is 1. The summed E-state index contributed by atoms with van der Waals surface area (Å²) < 4.78 is 0. The number of aromatic hydroxyl groups is 1. The first-order valence-electron chi connectivity index (χ1n) is 13.8. The molecule has 1 aliphatic carbocycles. The summed E-state index contributed by atoms with van der Waals surface area (Å²) in [6.07, 6.45) is 4.33. The summed E-state index contributed by atoms with van der Waals surface area (Å²) in [5.41, 5.74) is 4.13. The molecule has 0 bridgehead atoms. The third-order valence-electron chi connectivity index (χ3n) is 8.04. The van der Waals surface area contributed by atoms with Gasteiger partial charge < -0.3 is 15.3 Å². The Morgan fingerprint density at radius 1 is 1.10 bits per heavy atom. The average molecular weight is 552 g/mol. The van der Waals surface area contributed by atoms with E-state index in [0.717, 1.165) is 29.6 Å². The van der Waals surface area contributed by atoms with Crippen LogP contribution >= 0.6 is 11.6 Å². The van der Waals surface area contributed by atoms with Crippen molar-refractivity contribution < 1.29 is 24.9 Å². The van der Waals surface area contributed by atoms with E-state index < -0.39 is 23.9 Å². The normalized spacial score (nSPS) is 22.6. The van der Waals surface area contributed by atoms with Crippen molar-refractivity contribution in [1.82, 2.24) is 0 Å². The summed E-state index contributed by atoms with van der Waals surface area (Å²) in [5, 5.41) is 32.3. The minimum Gasteiger partial charge on any atom is -0.508 e. The molecule has 1 fully saturated rings. The van der Waals surface area contributed by atoms with E-state index in [-0.39, 0.29) is 30.1 Å². The van der Waals surface area contributed by atoms with E-state index in [9.17, 15) is 24.9 Å². The second-order valence-electron chi connectivity index (χ2n) is 10.9. The van der Waals surface area contributed by atoms with Gasteiger partial charge in [-0.3, -0.25) is 14.5 Å². The van der Waals surface area contributed by atoms with Crippen molar-refractivity contribution in [3.8, 4) is 5.75 Å². The van der Waals surface area contributed by atoms with Gasteiger partial charge in [0.05, 0.1) is 35.3 Å². The number of hydrogen-bond acceptors (Lipinski definition) is 5. The van der Waals surface area contributed by atoms with Crippen LogP contribution in [0.15, 0.2) is 65.3 Å². The molecule has 2 aromatic rings. The molecule has 208 valence electrons. The van der Waals surface area contributed by atoms with Gasteiger partial charge in [-0.05, 0) is 73.1 Å². The van der Waals surface area contributed by atoms with Crippen LogP contribution in [-0.2, 0) is 9.59 Å². The van der Waals surface area contributed by atoms with Gasteiger partial charge in [0.15, 0.2) is 0 Å². The number of halogens is 1. The molecule has 1 heterocycles. The Morgan fingerprint density at radius 2 is 1.82 bits per heavy atom. The summed E-state index contributed by atoms with van der Waals surface area (Å²) in [6, 6.07) is 13.8. The Hall–Kier alpha value is -2.93. The summed E-state index contributed by atoms with van der Waals surface area (Å²) in [7, 11) is 0. The number of rotatable bonds is 10. The maximum atomic E-state index is 13.6. The van der Waals surface area contributed by atoms with Gasteiger partial charge in [0.2, 0.25) is 11.8 Å². The highest BCUT2D eigenvalue weighted by Gasteiger charge is 2.55. The number of benzene rings is 2. The number of amides is 2. The van der Waals surface area contributed by atoms with Gasteiger partial charge in [0.1, 0.15) is 5.75 Å². The van der Waals surface area contributed by atoms with Crippen LogP contribution in [0.5, 0.6) is 5.75 Å². The van der Waals surface area contributed by atoms with Crippen LogP contribution in [0.3, 0.4) is 0 Å². The van der Waals surface area contributed by atoms with Gasteiger partial charge >= 0.3 is 0 Å². The van der Waals surface area contributed by atoms with Gasteiger partial charge in [0, 0.05) is 5.92 Å². The van der Waals surface area contributed by atoms with E-state index >= 15 is 0 Å². The Labute approximate surface area is 235 Å². The van der Waals surface area contributed by atoms with Crippen molar-refractivity contribution in [3.63, 3.8) is 0 Å². The molecule has 2 aromatic carbocycles. The zero-order chi connectivity index (χ0) is 28.3. The number of hydrogen-bond donors (Lipinski definition) is 3. The molecule has 39 heavy (non-hydrogen) atoms. The minimum atomic E-state index is -0.857. The molecule has 0 aromatic heterocycles. The Kier molecular flexibility index (Phi) is 9.31. The molecule has 2 aliphatic rings. The highest BCUT2D eigenvalue weighted by Crippen LogP contribution is 2.48. The zero-order valence-electron chi connectivity index (χ0n) is 22.8. The lowest BCUT2D eigenvalue weighted by Gasteiger charge is -2.38. The number of carbonyl (C=O) groups is 2. The SMILES string of the molecule is CCC/C(=C\c1ccc(O)cc1Cl)CC[C@@H](O)C1=C(C(C)C)C[C@H]2C(=O)N(c3ccccc3)C(=O)[C@H]2[C@H]1CO. The highest BCUT2D eigenvalue weighted by atomic mass is 35.5. The van der Waals surface area contributed by atoms with Crippen molar-refractivity contribution >= 4 is 35.2 Å². The fourth-order valence-corrected chi connectivity index (χ4v) is 6.43. The molecule has 2 amide bonds. The number of phenolic OH excluding ortho intramolecular Hbond substituents is 1. The van der Waals surface area contributed by atoms with E-state index in [1.165, 1.54) is 11.0 Å². The molecule has 7 heteroatoms. The molecular formula is C32H38ClNO5. The van der Waals surface area contributed by atoms with Gasteiger partial charge in [-0.25, -0.2) is 0 Å². The summed E-state index contributed by atoms with van der Waals surface area (Å²) >= 11 is 6.33. The van der Waals surface area contributed by atoms with Gasteiger partial charge in [-0.1, -0.05) is 74.2 Å². The summed E-state index contributed by atoms with van der Waals surface area (Å²) in [4.78, 5) is 28.4. The van der Waals surface area contributed by atoms with Crippen LogP contribution < -0.4 is 4.90 Å². The lowest BCUT2D eigenvalue weighted by atomic mass is 9.66. The topological polar surface area (TPSA) is 98.1 Å². The van der Waals surface area contributed by atoms with E-state index in [1.54, 1.807) is 36.4 Å². The molecule has 0 saturated carbocycles. The molecule has 4 rings (SSSR count). The van der Waals surface area contributed by atoms with Crippen molar-refractivity contribution in [2.45, 2.75) is 59.0 Å². The lowest BCUT2D eigenvalue weighted by molar-refractivity contribution is -0.123. The summed E-state index contributed by atoms with van der Waals surface area (Å²) in [6.45, 7) is 5.84. The van der Waals surface area contributed by atoms with Crippen LogP contribution in [0.2, 0.25) is 5.02 Å². The standard InChI is InChI=1S/C32H38ClNO5/c1-4-8-20(15-21-12-13-23(36)16-27(21)33)11-14-28(37)29-24(19(2)3)17-25-30(26(29)18-35)32(39)34(31(25)38)22-9-6-5-7-10-22/h5-7,9-10,12-13,15-16,19,25-26,28,30,35-37H,4,8,11,14,17-18H2,1-3H3/b20-15+/t25-,26+,28-,30-/m1/s1. The third kappa shape index (κ3) is 5.98. The number of phenols is 1. The molecule has 1 aliphatic heterocycles. The number of aliphatic hydroxyl groups is 2. The van der Waals surface area contributed by atoms with Gasteiger partial charge in [-0.2, -0.15) is 0 Å².